The Morgan fingerprint density at radius 1 is 1.40 bits per heavy atom. The Bertz CT molecular complexity index is 218. The lowest BCUT2D eigenvalue weighted by atomic mass is 10.1. The molecule has 2 rings (SSSR count). The number of ether oxygens (including phenoxy) is 2. The van der Waals surface area contributed by atoms with E-state index in [2.05, 4.69) is 11.4 Å². The SMILES string of the molecule is COC1CCC(NCC2CCC=CO2)C1. The van der Waals surface area contributed by atoms with Gasteiger partial charge in [-0.15, -0.1) is 0 Å². The van der Waals surface area contributed by atoms with Crippen LogP contribution in [-0.2, 0) is 9.47 Å². The van der Waals surface area contributed by atoms with Crippen LogP contribution in [0.3, 0.4) is 0 Å². The minimum Gasteiger partial charge on any atom is -0.497 e. The minimum absolute atomic E-state index is 0.372. The van der Waals surface area contributed by atoms with Gasteiger partial charge >= 0.3 is 0 Å². The zero-order chi connectivity index (χ0) is 10.5. The average molecular weight is 211 g/mol. The highest BCUT2D eigenvalue weighted by atomic mass is 16.5. The molecule has 1 N–H and O–H groups in total. The number of methoxy groups -OCH3 is 1. The van der Waals surface area contributed by atoms with Crippen molar-refractivity contribution in [3.8, 4) is 0 Å². The first-order chi connectivity index (χ1) is 7.38. The fraction of sp³-hybridized carbons (Fsp3) is 0.833. The molecule has 1 saturated carbocycles. The van der Waals surface area contributed by atoms with Crippen LogP contribution in [0, 0.1) is 0 Å². The molecule has 0 saturated heterocycles. The lowest BCUT2D eigenvalue weighted by Crippen LogP contribution is -2.35. The van der Waals surface area contributed by atoms with Gasteiger partial charge in [0.25, 0.3) is 0 Å². The molecule has 3 atom stereocenters. The molecule has 3 unspecified atom stereocenters. The van der Waals surface area contributed by atoms with Gasteiger partial charge in [-0.05, 0) is 38.2 Å². The van der Waals surface area contributed by atoms with E-state index in [-0.39, 0.29) is 0 Å². The summed E-state index contributed by atoms with van der Waals surface area (Å²) in [5.74, 6) is 0. The summed E-state index contributed by atoms with van der Waals surface area (Å²) >= 11 is 0. The van der Waals surface area contributed by atoms with Gasteiger partial charge in [0, 0.05) is 19.7 Å². The lowest BCUT2D eigenvalue weighted by molar-refractivity contribution is 0.102. The van der Waals surface area contributed by atoms with Crippen LogP contribution in [-0.4, -0.2) is 31.9 Å². The van der Waals surface area contributed by atoms with Crippen molar-refractivity contribution in [2.45, 2.75) is 50.4 Å². The van der Waals surface area contributed by atoms with Crippen molar-refractivity contribution in [3.05, 3.63) is 12.3 Å². The zero-order valence-corrected chi connectivity index (χ0v) is 9.45. The maximum absolute atomic E-state index is 5.52. The molecule has 15 heavy (non-hydrogen) atoms. The molecular formula is C12H21NO2. The van der Waals surface area contributed by atoms with Crippen molar-refractivity contribution >= 4 is 0 Å². The third-order valence-corrected chi connectivity index (χ3v) is 3.37. The van der Waals surface area contributed by atoms with E-state index in [9.17, 15) is 0 Å². The van der Waals surface area contributed by atoms with E-state index in [0.717, 1.165) is 25.8 Å². The molecule has 1 fully saturated rings. The summed E-state index contributed by atoms with van der Waals surface area (Å²) in [7, 11) is 1.81. The van der Waals surface area contributed by atoms with Crippen LogP contribution in [0.1, 0.15) is 32.1 Å². The fourth-order valence-electron chi connectivity index (χ4n) is 2.37. The van der Waals surface area contributed by atoms with Crippen molar-refractivity contribution in [1.82, 2.24) is 5.32 Å². The van der Waals surface area contributed by atoms with Crippen molar-refractivity contribution in [3.63, 3.8) is 0 Å². The third-order valence-electron chi connectivity index (χ3n) is 3.37. The molecule has 0 aromatic rings. The molecule has 3 nitrogen and oxygen atoms in total. The Hall–Kier alpha value is -0.540. The number of nitrogens with one attached hydrogen (secondary N) is 1. The van der Waals surface area contributed by atoms with Crippen molar-refractivity contribution in [2.75, 3.05) is 13.7 Å². The maximum atomic E-state index is 5.52. The van der Waals surface area contributed by atoms with Gasteiger partial charge in [0.2, 0.25) is 0 Å². The molecule has 1 aliphatic heterocycles. The smallest absolute Gasteiger partial charge is 0.110 e. The predicted octanol–water partition coefficient (Wildman–Crippen LogP) is 1.84. The summed E-state index contributed by atoms with van der Waals surface area (Å²) in [5.41, 5.74) is 0. The van der Waals surface area contributed by atoms with E-state index in [1.54, 1.807) is 0 Å². The standard InChI is InChI=1S/C12H21NO2/c1-14-11-6-5-10(8-11)13-9-12-4-2-3-7-15-12/h3,7,10-13H,2,4-6,8-9H2,1H3. The summed E-state index contributed by atoms with van der Waals surface area (Å²) in [5, 5.41) is 3.58. The van der Waals surface area contributed by atoms with Crippen LogP contribution in [0.15, 0.2) is 12.3 Å². The highest BCUT2D eigenvalue weighted by Crippen LogP contribution is 2.21. The molecule has 2 aliphatic rings. The van der Waals surface area contributed by atoms with Crippen molar-refractivity contribution in [1.29, 1.82) is 0 Å². The first-order valence-corrected chi connectivity index (χ1v) is 5.95. The van der Waals surface area contributed by atoms with E-state index in [1.165, 1.54) is 12.8 Å². The van der Waals surface area contributed by atoms with Gasteiger partial charge in [0.05, 0.1) is 12.4 Å². The second-order valence-corrected chi connectivity index (χ2v) is 4.48. The molecule has 0 amide bonds. The van der Waals surface area contributed by atoms with E-state index >= 15 is 0 Å². The Morgan fingerprint density at radius 2 is 2.33 bits per heavy atom. The van der Waals surface area contributed by atoms with Crippen LogP contribution >= 0.6 is 0 Å². The summed E-state index contributed by atoms with van der Waals surface area (Å²) in [6.07, 6.45) is 10.6. The van der Waals surface area contributed by atoms with E-state index in [4.69, 9.17) is 9.47 Å². The molecule has 0 bridgehead atoms. The Kier molecular flexibility index (Phi) is 4.03. The Morgan fingerprint density at radius 3 is 3.00 bits per heavy atom. The summed E-state index contributed by atoms with van der Waals surface area (Å²) in [6.45, 7) is 0.978. The molecule has 0 radical (unpaired) electrons. The zero-order valence-electron chi connectivity index (χ0n) is 9.45. The molecular weight excluding hydrogens is 190 g/mol. The van der Waals surface area contributed by atoms with Gasteiger partial charge in [-0.1, -0.05) is 0 Å². The average Bonchev–Trinajstić information content (AvgIpc) is 2.76. The molecule has 0 aromatic carbocycles. The van der Waals surface area contributed by atoms with Gasteiger partial charge < -0.3 is 14.8 Å². The minimum atomic E-state index is 0.372. The van der Waals surface area contributed by atoms with E-state index < -0.39 is 0 Å². The summed E-state index contributed by atoms with van der Waals surface area (Å²) < 4.78 is 10.9. The quantitative estimate of drug-likeness (QED) is 0.769. The molecule has 1 aliphatic carbocycles. The van der Waals surface area contributed by atoms with Gasteiger partial charge in [0.1, 0.15) is 6.10 Å². The number of hydrogen-bond donors (Lipinski definition) is 1. The number of hydrogen-bond acceptors (Lipinski definition) is 3. The molecule has 0 spiro atoms. The first-order valence-electron chi connectivity index (χ1n) is 5.95. The highest BCUT2D eigenvalue weighted by molar-refractivity contribution is 4.86. The molecule has 1 heterocycles. The molecule has 86 valence electrons. The number of rotatable bonds is 4. The van der Waals surface area contributed by atoms with Crippen molar-refractivity contribution in [2.24, 2.45) is 0 Å². The normalized spacial score (nSPS) is 35.4. The Balaban J connectivity index is 1.63. The fourth-order valence-corrected chi connectivity index (χ4v) is 2.37. The Labute approximate surface area is 91.8 Å². The summed E-state index contributed by atoms with van der Waals surface area (Å²) in [6, 6.07) is 0.629. The predicted molar refractivity (Wildman–Crippen MR) is 59.7 cm³/mol. The molecule has 0 aromatic heterocycles. The highest BCUT2D eigenvalue weighted by Gasteiger charge is 2.24. The number of allylic oxidation sites excluding steroid dienone is 1. The van der Waals surface area contributed by atoms with Gasteiger partial charge in [-0.25, -0.2) is 0 Å². The van der Waals surface area contributed by atoms with E-state index in [0.29, 0.717) is 18.2 Å². The van der Waals surface area contributed by atoms with Crippen molar-refractivity contribution < 1.29 is 9.47 Å². The van der Waals surface area contributed by atoms with Gasteiger partial charge in [-0.3, -0.25) is 0 Å². The van der Waals surface area contributed by atoms with E-state index in [1.807, 2.05) is 13.4 Å². The second-order valence-electron chi connectivity index (χ2n) is 4.48. The maximum Gasteiger partial charge on any atom is 0.110 e. The van der Waals surface area contributed by atoms with Crippen LogP contribution in [0.4, 0.5) is 0 Å². The third kappa shape index (κ3) is 3.21. The van der Waals surface area contributed by atoms with Crippen LogP contribution in [0.25, 0.3) is 0 Å². The van der Waals surface area contributed by atoms with Crippen LogP contribution in [0.2, 0.25) is 0 Å². The lowest BCUT2D eigenvalue weighted by Gasteiger charge is -2.22. The van der Waals surface area contributed by atoms with Crippen LogP contribution in [0.5, 0.6) is 0 Å². The largest absolute Gasteiger partial charge is 0.497 e. The van der Waals surface area contributed by atoms with Gasteiger partial charge in [0.15, 0.2) is 0 Å². The first kappa shape index (κ1) is 11.0. The molecule has 3 heteroatoms. The monoisotopic (exact) mass is 211 g/mol. The topological polar surface area (TPSA) is 30.5 Å². The summed E-state index contributed by atoms with van der Waals surface area (Å²) in [4.78, 5) is 0. The second kappa shape index (κ2) is 5.52. The van der Waals surface area contributed by atoms with Crippen LogP contribution < -0.4 is 5.32 Å². The van der Waals surface area contributed by atoms with Gasteiger partial charge in [-0.2, -0.15) is 0 Å².